The molecule has 1 unspecified atom stereocenters. The second kappa shape index (κ2) is 5.50. The van der Waals surface area contributed by atoms with Gasteiger partial charge in [-0.1, -0.05) is 0 Å². The van der Waals surface area contributed by atoms with Crippen molar-refractivity contribution in [1.29, 1.82) is 0 Å². The highest BCUT2D eigenvalue weighted by Gasteiger charge is 2.20. The summed E-state index contributed by atoms with van der Waals surface area (Å²) in [6.07, 6.45) is -0.442. The lowest BCUT2D eigenvalue weighted by atomic mass is 10.2. The third kappa shape index (κ3) is 6.06. The molecule has 0 aromatic rings. The van der Waals surface area contributed by atoms with E-state index in [2.05, 4.69) is 5.32 Å². The van der Waals surface area contributed by atoms with Crippen molar-refractivity contribution in [2.45, 2.75) is 25.4 Å². The smallest absolute Gasteiger partial charge is 0.321 e. The minimum Gasteiger partial charge on any atom is -0.481 e. The molecule has 13 heavy (non-hydrogen) atoms. The number of hydrogen-bond acceptors (Lipinski definition) is 4. The van der Waals surface area contributed by atoms with Crippen LogP contribution < -0.4 is 11.1 Å². The van der Waals surface area contributed by atoms with E-state index in [1.165, 1.54) is 0 Å². The van der Waals surface area contributed by atoms with Gasteiger partial charge in [-0.3, -0.25) is 9.59 Å². The summed E-state index contributed by atoms with van der Waals surface area (Å²) in [6, 6.07) is -1.26. The van der Waals surface area contributed by atoms with Gasteiger partial charge in [-0.25, -0.2) is 0 Å². The van der Waals surface area contributed by atoms with E-state index in [1.807, 2.05) is 0 Å². The Morgan fingerprint density at radius 2 is 2.00 bits per heavy atom. The fourth-order valence-electron chi connectivity index (χ4n) is 0.750. The molecule has 0 spiro atoms. The van der Waals surface area contributed by atoms with Crippen molar-refractivity contribution in [3.8, 4) is 0 Å². The molecule has 0 saturated carbocycles. The minimum atomic E-state index is -1.18. The second-order valence-electron chi connectivity index (χ2n) is 2.87. The van der Waals surface area contributed by atoms with Crippen LogP contribution in [-0.2, 0) is 9.59 Å². The molecule has 0 aliphatic heterocycles. The Hall–Kier alpha value is -1.14. The maximum Gasteiger partial charge on any atom is 0.321 e. The minimum absolute atomic E-state index is 0.198. The van der Waals surface area contributed by atoms with Crippen LogP contribution in [0.5, 0.6) is 0 Å². The standard InChI is InChI=1S/C7H14N2O4/c1-4(8)3-9-5(7(12)13)2-6(10)11/h4-5,9H,2-3,8H2,1H3,(H,10,11)(H,12,13)/t4?,5-/m0/s1. The van der Waals surface area contributed by atoms with Gasteiger partial charge in [0.15, 0.2) is 0 Å². The first-order chi connectivity index (χ1) is 5.93. The highest BCUT2D eigenvalue weighted by atomic mass is 16.4. The van der Waals surface area contributed by atoms with Crippen LogP contribution in [0, 0.1) is 0 Å². The number of hydrogen-bond donors (Lipinski definition) is 4. The molecule has 2 atom stereocenters. The van der Waals surface area contributed by atoms with Gasteiger partial charge in [0.2, 0.25) is 0 Å². The van der Waals surface area contributed by atoms with Crippen LogP contribution in [0.15, 0.2) is 0 Å². The normalized spacial score (nSPS) is 14.9. The van der Waals surface area contributed by atoms with Crippen molar-refractivity contribution in [2.24, 2.45) is 5.73 Å². The van der Waals surface area contributed by atoms with Gasteiger partial charge < -0.3 is 21.3 Å². The molecule has 0 bridgehead atoms. The summed E-state index contributed by atoms with van der Waals surface area (Å²) in [5.41, 5.74) is 5.37. The van der Waals surface area contributed by atoms with Gasteiger partial charge >= 0.3 is 11.9 Å². The number of carboxylic acid groups (broad SMARTS) is 2. The van der Waals surface area contributed by atoms with Crippen molar-refractivity contribution >= 4 is 11.9 Å². The Bertz CT molecular complexity index is 193. The molecule has 0 fully saturated rings. The summed E-state index contributed by atoms with van der Waals surface area (Å²) in [5, 5.41) is 19.5. The molecular formula is C7H14N2O4. The van der Waals surface area contributed by atoms with E-state index in [4.69, 9.17) is 15.9 Å². The fourth-order valence-corrected chi connectivity index (χ4v) is 0.750. The first kappa shape index (κ1) is 11.9. The molecule has 0 aliphatic carbocycles. The largest absolute Gasteiger partial charge is 0.481 e. The predicted octanol–water partition coefficient (Wildman–Crippen LogP) is -1.15. The SMILES string of the molecule is CC(N)CN[C@@H](CC(=O)O)C(=O)O. The number of carboxylic acids is 2. The zero-order valence-corrected chi connectivity index (χ0v) is 7.36. The lowest BCUT2D eigenvalue weighted by Crippen LogP contribution is -2.43. The van der Waals surface area contributed by atoms with E-state index >= 15 is 0 Å². The third-order valence-corrected chi connectivity index (χ3v) is 1.36. The maximum absolute atomic E-state index is 10.5. The van der Waals surface area contributed by atoms with Crippen molar-refractivity contribution < 1.29 is 19.8 Å². The van der Waals surface area contributed by atoms with Gasteiger partial charge in [-0.05, 0) is 6.92 Å². The van der Waals surface area contributed by atoms with Gasteiger partial charge in [0.05, 0.1) is 6.42 Å². The lowest BCUT2D eigenvalue weighted by Gasteiger charge is -2.13. The molecule has 0 saturated heterocycles. The van der Waals surface area contributed by atoms with Crippen LogP contribution in [0.3, 0.4) is 0 Å². The van der Waals surface area contributed by atoms with E-state index in [1.54, 1.807) is 6.92 Å². The Balaban J connectivity index is 3.95. The van der Waals surface area contributed by atoms with Crippen LogP contribution in [0.2, 0.25) is 0 Å². The number of aliphatic carboxylic acids is 2. The Labute approximate surface area is 75.7 Å². The first-order valence-corrected chi connectivity index (χ1v) is 3.87. The molecule has 0 aromatic heterocycles. The van der Waals surface area contributed by atoms with Crippen LogP contribution >= 0.6 is 0 Å². The van der Waals surface area contributed by atoms with E-state index in [0.29, 0.717) is 0 Å². The molecule has 6 heteroatoms. The molecule has 0 aliphatic rings. The van der Waals surface area contributed by atoms with Crippen molar-refractivity contribution in [3.05, 3.63) is 0 Å². The average Bonchev–Trinajstić information content (AvgIpc) is 1.96. The van der Waals surface area contributed by atoms with E-state index in [-0.39, 0.29) is 12.6 Å². The second-order valence-corrected chi connectivity index (χ2v) is 2.87. The number of nitrogens with two attached hydrogens (primary N) is 1. The fraction of sp³-hybridized carbons (Fsp3) is 0.714. The van der Waals surface area contributed by atoms with E-state index < -0.39 is 24.4 Å². The summed E-state index contributed by atoms with van der Waals surface area (Å²) >= 11 is 0. The van der Waals surface area contributed by atoms with Crippen LogP contribution in [0.1, 0.15) is 13.3 Å². The van der Waals surface area contributed by atoms with Gasteiger partial charge in [0.25, 0.3) is 0 Å². The summed E-state index contributed by atoms with van der Waals surface area (Å²) in [7, 11) is 0. The highest BCUT2D eigenvalue weighted by molar-refractivity contribution is 5.80. The zero-order chi connectivity index (χ0) is 10.4. The summed E-state index contributed by atoms with van der Waals surface area (Å²) in [5.74, 6) is -2.33. The van der Waals surface area contributed by atoms with Crippen LogP contribution in [0.4, 0.5) is 0 Å². The topological polar surface area (TPSA) is 113 Å². The summed E-state index contributed by atoms with van der Waals surface area (Å²) < 4.78 is 0. The van der Waals surface area contributed by atoms with Crippen molar-refractivity contribution in [3.63, 3.8) is 0 Å². The van der Waals surface area contributed by atoms with E-state index in [9.17, 15) is 9.59 Å². The highest BCUT2D eigenvalue weighted by Crippen LogP contribution is 1.92. The molecule has 0 rings (SSSR count). The lowest BCUT2D eigenvalue weighted by molar-refractivity contribution is -0.145. The Morgan fingerprint density at radius 1 is 1.46 bits per heavy atom. The third-order valence-electron chi connectivity index (χ3n) is 1.36. The quantitative estimate of drug-likeness (QED) is 0.420. The van der Waals surface area contributed by atoms with Gasteiger partial charge in [-0.15, -0.1) is 0 Å². The summed E-state index contributed by atoms with van der Waals surface area (Å²) in [6.45, 7) is 1.98. The van der Waals surface area contributed by atoms with Crippen molar-refractivity contribution in [1.82, 2.24) is 5.32 Å². The maximum atomic E-state index is 10.5. The Morgan fingerprint density at radius 3 is 2.31 bits per heavy atom. The zero-order valence-electron chi connectivity index (χ0n) is 7.36. The van der Waals surface area contributed by atoms with Gasteiger partial charge in [0, 0.05) is 12.6 Å². The van der Waals surface area contributed by atoms with Crippen LogP contribution in [-0.4, -0.2) is 40.8 Å². The molecule has 0 aromatic carbocycles. The average molecular weight is 190 g/mol. The molecule has 0 radical (unpaired) electrons. The molecule has 0 amide bonds. The van der Waals surface area contributed by atoms with Crippen molar-refractivity contribution in [2.75, 3.05) is 6.54 Å². The molecule has 0 heterocycles. The van der Waals surface area contributed by atoms with Gasteiger partial charge in [-0.2, -0.15) is 0 Å². The van der Waals surface area contributed by atoms with Gasteiger partial charge in [0.1, 0.15) is 6.04 Å². The number of carbonyl (C=O) groups is 2. The molecule has 76 valence electrons. The predicted molar refractivity (Wildman–Crippen MR) is 45.3 cm³/mol. The molecule has 5 N–H and O–H groups in total. The Kier molecular flexibility index (Phi) is 5.01. The molecular weight excluding hydrogens is 176 g/mol. The molecule has 6 nitrogen and oxygen atoms in total. The van der Waals surface area contributed by atoms with E-state index in [0.717, 1.165) is 0 Å². The monoisotopic (exact) mass is 190 g/mol. The van der Waals surface area contributed by atoms with Crippen LogP contribution in [0.25, 0.3) is 0 Å². The number of nitrogens with one attached hydrogen (secondary N) is 1. The summed E-state index contributed by atoms with van der Waals surface area (Å²) in [4.78, 5) is 20.7. The number of rotatable bonds is 6. The first-order valence-electron chi connectivity index (χ1n) is 3.87.